The fourth-order valence-corrected chi connectivity index (χ4v) is 3.60. The number of ether oxygens (including phenoxy) is 1. The van der Waals surface area contributed by atoms with Gasteiger partial charge in [0.15, 0.2) is 11.5 Å². The summed E-state index contributed by atoms with van der Waals surface area (Å²) in [6.45, 7) is 10.2. The van der Waals surface area contributed by atoms with Gasteiger partial charge in [-0.25, -0.2) is 0 Å². The van der Waals surface area contributed by atoms with Crippen LogP contribution in [0.3, 0.4) is 0 Å². The van der Waals surface area contributed by atoms with Crippen LogP contribution in [0.2, 0.25) is 0 Å². The van der Waals surface area contributed by atoms with Gasteiger partial charge in [0.05, 0.1) is 18.3 Å². The smallest absolute Gasteiger partial charge is 0.494 e. The molecule has 31 heavy (non-hydrogen) atoms. The molecule has 8 heteroatoms. The molecule has 2 aromatic carbocycles. The first-order chi connectivity index (χ1) is 14.6. The summed E-state index contributed by atoms with van der Waals surface area (Å²) >= 11 is 0. The third-order valence-corrected chi connectivity index (χ3v) is 6.21. The minimum Gasteiger partial charge on any atom is -0.497 e. The Hall–Kier alpha value is -2.71. The number of nitrogens with zero attached hydrogens (tertiary/aromatic N) is 3. The molecule has 2 aliphatic rings. The molecule has 0 aliphatic carbocycles. The number of amidine groups is 1. The number of rotatable bonds is 5. The fourth-order valence-electron chi connectivity index (χ4n) is 3.60. The van der Waals surface area contributed by atoms with Gasteiger partial charge in [-0.2, -0.15) is 0 Å². The molecule has 0 amide bonds. The first-order valence-corrected chi connectivity index (χ1v) is 10.5. The van der Waals surface area contributed by atoms with Crippen molar-refractivity contribution >= 4 is 18.4 Å². The molecule has 0 saturated carbocycles. The van der Waals surface area contributed by atoms with Crippen molar-refractivity contribution in [2.24, 2.45) is 15.4 Å². The molecule has 4 rings (SSSR count). The highest BCUT2D eigenvalue weighted by molar-refractivity contribution is 6.62. The van der Waals surface area contributed by atoms with Gasteiger partial charge in [-0.1, -0.05) is 36.4 Å². The molecule has 7 nitrogen and oxygen atoms in total. The second kappa shape index (κ2) is 7.77. The van der Waals surface area contributed by atoms with E-state index in [1.807, 2.05) is 55.5 Å². The Morgan fingerprint density at radius 3 is 2.10 bits per heavy atom. The van der Waals surface area contributed by atoms with Crippen LogP contribution in [0.25, 0.3) is 0 Å². The molecule has 1 atom stereocenters. The zero-order valence-electron chi connectivity index (χ0n) is 19.0. The largest absolute Gasteiger partial charge is 0.497 e. The third-order valence-electron chi connectivity index (χ3n) is 6.21. The van der Waals surface area contributed by atoms with E-state index in [4.69, 9.17) is 14.0 Å². The van der Waals surface area contributed by atoms with E-state index in [0.29, 0.717) is 12.3 Å². The zero-order valence-corrected chi connectivity index (χ0v) is 19.0. The number of nitrogens with one attached hydrogen (secondary N) is 1. The molecule has 1 unspecified atom stereocenters. The Kier molecular flexibility index (Phi) is 5.39. The van der Waals surface area contributed by atoms with E-state index < -0.39 is 5.66 Å². The maximum Gasteiger partial charge on any atom is 0.494 e. The molecule has 1 saturated heterocycles. The Morgan fingerprint density at radius 1 is 0.903 bits per heavy atom. The van der Waals surface area contributed by atoms with Crippen molar-refractivity contribution in [3.05, 3.63) is 59.7 Å². The summed E-state index contributed by atoms with van der Waals surface area (Å²) < 4.78 is 17.5. The highest BCUT2D eigenvalue weighted by atomic mass is 16.7. The maximum absolute atomic E-state index is 6.14. The molecular formula is C23H29BN4O3. The van der Waals surface area contributed by atoms with Crippen molar-refractivity contribution in [1.29, 1.82) is 0 Å². The highest BCUT2D eigenvalue weighted by Gasteiger charge is 2.51. The second-order valence-electron chi connectivity index (χ2n) is 9.27. The number of methoxy groups -OCH3 is 1. The standard InChI is InChI=1S/C23H29BN4O3/c1-21(2)22(3,4)31-24(30-21)18-11-9-17(10-12-18)20-25-23(5,27-28-26-20)15-16-7-13-19(29-6)14-8-16/h7-14H,15H2,1-6H3,(H,25,26,27). The average molecular weight is 420 g/mol. The van der Waals surface area contributed by atoms with Gasteiger partial charge in [0.2, 0.25) is 0 Å². The van der Waals surface area contributed by atoms with E-state index in [1.165, 1.54) is 0 Å². The Labute approximate surface area is 184 Å². The van der Waals surface area contributed by atoms with E-state index in [1.54, 1.807) is 7.11 Å². The van der Waals surface area contributed by atoms with Gasteiger partial charge in [-0.05, 0) is 63.0 Å². The van der Waals surface area contributed by atoms with Crippen molar-refractivity contribution in [2.75, 3.05) is 7.11 Å². The molecule has 1 N–H and O–H groups in total. The van der Waals surface area contributed by atoms with Crippen molar-refractivity contribution in [3.63, 3.8) is 0 Å². The summed E-state index contributed by atoms with van der Waals surface area (Å²) in [5.41, 5.74) is 1.72. The summed E-state index contributed by atoms with van der Waals surface area (Å²) in [7, 11) is 1.27. The van der Waals surface area contributed by atoms with Gasteiger partial charge in [0.1, 0.15) is 5.75 Å². The summed E-state index contributed by atoms with van der Waals surface area (Å²) in [5.74, 6) is 1.52. The first kappa shape index (κ1) is 21.5. The lowest BCUT2D eigenvalue weighted by Gasteiger charge is -2.32. The van der Waals surface area contributed by atoms with Crippen molar-refractivity contribution in [3.8, 4) is 5.75 Å². The van der Waals surface area contributed by atoms with Crippen LogP contribution in [-0.4, -0.2) is 36.9 Å². The molecule has 162 valence electrons. The van der Waals surface area contributed by atoms with Gasteiger partial charge in [0, 0.05) is 12.0 Å². The quantitative estimate of drug-likeness (QED) is 0.749. The number of hydrogen-bond acceptors (Lipinski definition) is 7. The van der Waals surface area contributed by atoms with Gasteiger partial charge >= 0.3 is 7.12 Å². The second-order valence-corrected chi connectivity index (χ2v) is 9.27. The maximum atomic E-state index is 6.14. The summed E-state index contributed by atoms with van der Waals surface area (Å²) in [5, 5.41) is 16.0. The Bertz CT molecular complexity index is 986. The topological polar surface area (TPSA) is 76.8 Å². The van der Waals surface area contributed by atoms with Crippen LogP contribution in [0.1, 0.15) is 45.7 Å². The molecule has 2 heterocycles. The summed E-state index contributed by atoms with van der Waals surface area (Å²) in [4.78, 5) is 0. The lowest BCUT2D eigenvalue weighted by Crippen LogP contribution is -2.47. The fraction of sp³-hybridized carbons (Fsp3) is 0.435. The van der Waals surface area contributed by atoms with Crippen molar-refractivity contribution in [1.82, 2.24) is 5.32 Å². The van der Waals surface area contributed by atoms with E-state index in [0.717, 1.165) is 22.3 Å². The van der Waals surface area contributed by atoms with Crippen LogP contribution < -0.4 is 15.5 Å². The van der Waals surface area contributed by atoms with Gasteiger partial charge in [-0.15, -0.1) is 10.2 Å². The van der Waals surface area contributed by atoms with Gasteiger partial charge < -0.3 is 19.4 Å². The van der Waals surface area contributed by atoms with E-state index >= 15 is 0 Å². The SMILES string of the molecule is COc1ccc(CC2(C)N=NN=C(c3ccc(B4OC(C)(C)C(C)(C)O4)cc3)N2)cc1. The van der Waals surface area contributed by atoms with E-state index in [-0.39, 0.29) is 18.3 Å². The minimum absolute atomic E-state index is 0.366. The van der Waals surface area contributed by atoms with Gasteiger partial charge in [-0.3, -0.25) is 0 Å². The lowest BCUT2D eigenvalue weighted by molar-refractivity contribution is 0.00578. The molecule has 1 fully saturated rings. The molecule has 0 radical (unpaired) electrons. The molecule has 0 spiro atoms. The predicted molar refractivity (Wildman–Crippen MR) is 122 cm³/mol. The van der Waals surface area contributed by atoms with Crippen LogP contribution in [0.5, 0.6) is 5.75 Å². The third kappa shape index (κ3) is 4.36. The Morgan fingerprint density at radius 2 is 1.52 bits per heavy atom. The van der Waals surface area contributed by atoms with Crippen molar-refractivity contribution < 1.29 is 14.0 Å². The minimum atomic E-state index is -0.587. The van der Waals surface area contributed by atoms with Crippen LogP contribution in [0, 0.1) is 0 Å². The average Bonchev–Trinajstić information content (AvgIpc) is 2.95. The van der Waals surface area contributed by atoms with Crippen LogP contribution >= 0.6 is 0 Å². The molecule has 0 bridgehead atoms. The summed E-state index contributed by atoms with van der Waals surface area (Å²) in [6.07, 6.45) is 0.672. The lowest BCUT2D eigenvalue weighted by atomic mass is 9.79. The number of benzene rings is 2. The Balaban J connectivity index is 1.46. The summed E-state index contributed by atoms with van der Waals surface area (Å²) in [6, 6.07) is 16.0. The highest BCUT2D eigenvalue weighted by Crippen LogP contribution is 2.36. The molecule has 2 aliphatic heterocycles. The molecule has 2 aromatic rings. The van der Waals surface area contributed by atoms with Crippen LogP contribution in [0.15, 0.2) is 64.0 Å². The van der Waals surface area contributed by atoms with E-state index in [9.17, 15) is 0 Å². The monoisotopic (exact) mass is 420 g/mol. The molecular weight excluding hydrogens is 391 g/mol. The van der Waals surface area contributed by atoms with Crippen LogP contribution in [-0.2, 0) is 15.7 Å². The van der Waals surface area contributed by atoms with Gasteiger partial charge in [0.25, 0.3) is 0 Å². The number of hydrogen-bond donors (Lipinski definition) is 1. The zero-order chi connectivity index (χ0) is 22.3. The normalized spacial score (nSPS) is 23.9. The predicted octanol–water partition coefficient (Wildman–Crippen LogP) is 3.67. The molecule has 0 aromatic heterocycles. The van der Waals surface area contributed by atoms with E-state index in [2.05, 4.69) is 48.5 Å². The van der Waals surface area contributed by atoms with Crippen LogP contribution in [0.4, 0.5) is 0 Å². The first-order valence-electron chi connectivity index (χ1n) is 10.5. The van der Waals surface area contributed by atoms with Crippen molar-refractivity contribution in [2.45, 2.75) is 57.9 Å².